The predicted molar refractivity (Wildman–Crippen MR) is 121 cm³/mol. The van der Waals surface area contributed by atoms with Crippen LogP contribution < -0.4 is 14.8 Å². The summed E-state index contributed by atoms with van der Waals surface area (Å²) in [6.45, 7) is 7.11. The van der Waals surface area contributed by atoms with E-state index in [1.165, 1.54) is 0 Å². The molecule has 2 heterocycles. The van der Waals surface area contributed by atoms with E-state index >= 15 is 0 Å². The average Bonchev–Trinajstić information content (AvgIpc) is 3.26. The SMILES string of the molecule is COc1cccc(CNC(=O)c2cccn2C2CCN(C(=O)OC(C)(C)C)CC2)c1OC. The first kappa shape index (κ1) is 23.5. The quantitative estimate of drug-likeness (QED) is 0.730. The van der Waals surface area contributed by atoms with Crippen LogP contribution in [0.25, 0.3) is 0 Å². The number of amides is 2. The average molecular weight is 444 g/mol. The molecule has 8 heteroatoms. The van der Waals surface area contributed by atoms with Crippen LogP contribution in [0, 0.1) is 0 Å². The lowest BCUT2D eigenvalue weighted by Crippen LogP contribution is -2.42. The van der Waals surface area contributed by atoms with Crippen LogP contribution in [-0.2, 0) is 11.3 Å². The van der Waals surface area contributed by atoms with Crippen LogP contribution in [0.4, 0.5) is 4.79 Å². The maximum absolute atomic E-state index is 12.9. The Hall–Kier alpha value is -3.16. The molecule has 0 spiro atoms. The third-order valence-corrected chi connectivity index (χ3v) is 5.45. The van der Waals surface area contributed by atoms with E-state index in [-0.39, 0.29) is 18.0 Å². The summed E-state index contributed by atoms with van der Waals surface area (Å²) in [6, 6.07) is 9.42. The first-order valence-corrected chi connectivity index (χ1v) is 10.9. The first-order chi connectivity index (χ1) is 15.2. The van der Waals surface area contributed by atoms with Crippen LogP contribution in [0.3, 0.4) is 0 Å². The van der Waals surface area contributed by atoms with Crippen LogP contribution in [0.2, 0.25) is 0 Å². The van der Waals surface area contributed by atoms with E-state index in [2.05, 4.69) is 5.32 Å². The third-order valence-electron chi connectivity index (χ3n) is 5.45. The molecule has 32 heavy (non-hydrogen) atoms. The molecule has 1 aromatic heterocycles. The Kier molecular flexibility index (Phi) is 7.33. The lowest BCUT2D eigenvalue weighted by atomic mass is 10.0. The second-order valence-electron chi connectivity index (χ2n) is 8.83. The number of aromatic nitrogens is 1. The highest BCUT2D eigenvalue weighted by Gasteiger charge is 2.28. The van der Waals surface area contributed by atoms with Crippen molar-refractivity contribution in [3.8, 4) is 11.5 Å². The van der Waals surface area contributed by atoms with Gasteiger partial charge in [-0.1, -0.05) is 12.1 Å². The molecule has 1 fully saturated rings. The summed E-state index contributed by atoms with van der Waals surface area (Å²) in [5.41, 5.74) is 0.928. The highest BCUT2D eigenvalue weighted by atomic mass is 16.6. The largest absolute Gasteiger partial charge is 0.493 e. The number of carbonyl (C=O) groups is 2. The summed E-state index contributed by atoms with van der Waals surface area (Å²) in [5.74, 6) is 1.08. The lowest BCUT2D eigenvalue weighted by molar-refractivity contribution is 0.0187. The molecule has 1 aliphatic rings. The van der Waals surface area contributed by atoms with Crippen molar-refractivity contribution in [2.45, 2.75) is 51.8 Å². The summed E-state index contributed by atoms with van der Waals surface area (Å²) in [6.07, 6.45) is 3.17. The van der Waals surface area contributed by atoms with Crippen molar-refractivity contribution in [1.29, 1.82) is 0 Å². The minimum Gasteiger partial charge on any atom is -0.493 e. The van der Waals surface area contributed by atoms with Gasteiger partial charge in [-0.3, -0.25) is 4.79 Å². The van der Waals surface area contributed by atoms with Gasteiger partial charge < -0.3 is 29.0 Å². The molecule has 0 saturated carbocycles. The number of benzene rings is 1. The highest BCUT2D eigenvalue weighted by Crippen LogP contribution is 2.31. The summed E-state index contributed by atoms with van der Waals surface area (Å²) in [5, 5.41) is 2.98. The Morgan fingerprint density at radius 2 is 1.78 bits per heavy atom. The Morgan fingerprint density at radius 1 is 1.06 bits per heavy atom. The molecule has 2 amide bonds. The summed E-state index contributed by atoms with van der Waals surface area (Å²) >= 11 is 0. The lowest BCUT2D eigenvalue weighted by Gasteiger charge is -2.34. The predicted octanol–water partition coefficient (Wildman–Crippen LogP) is 4.01. The van der Waals surface area contributed by atoms with Crippen molar-refractivity contribution >= 4 is 12.0 Å². The number of rotatable bonds is 6. The van der Waals surface area contributed by atoms with E-state index in [0.717, 1.165) is 18.4 Å². The molecular formula is C24H33N3O5. The van der Waals surface area contributed by atoms with Gasteiger partial charge in [-0.05, 0) is 51.8 Å². The van der Waals surface area contributed by atoms with Gasteiger partial charge >= 0.3 is 6.09 Å². The van der Waals surface area contributed by atoms with Crippen LogP contribution in [0.15, 0.2) is 36.5 Å². The molecule has 0 unspecified atom stereocenters. The Balaban J connectivity index is 1.62. The van der Waals surface area contributed by atoms with E-state index in [0.29, 0.717) is 36.8 Å². The number of piperidine rings is 1. The van der Waals surface area contributed by atoms with Gasteiger partial charge in [-0.15, -0.1) is 0 Å². The van der Waals surface area contributed by atoms with E-state index in [1.54, 1.807) is 19.1 Å². The zero-order valence-electron chi connectivity index (χ0n) is 19.5. The van der Waals surface area contributed by atoms with Gasteiger partial charge in [-0.25, -0.2) is 4.79 Å². The Labute approximate surface area is 189 Å². The number of para-hydroxylation sites is 1. The maximum Gasteiger partial charge on any atom is 0.410 e. The number of hydrogen-bond donors (Lipinski definition) is 1. The molecule has 1 aliphatic heterocycles. The number of likely N-dealkylation sites (tertiary alicyclic amines) is 1. The van der Waals surface area contributed by atoms with Crippen molar-refractivity contribution in [2.75, 3.05) is 27.3 Å². The zero-order valence-corrected chi connectivity index (χ0v) is 19.5. The summed E-state index contributed by atoms with van der Waals surface area (Å²) < 4.78 is 18.2. The van der Waals surface area contributed by atoms with Crippen LogP contribution in [-0.4, -0.2) is 54.4 Å². The van der Waals surface area contributed by atoms with Gasteiger partial charge in [0.25, 0.3) is 5.91 Å². The minimum atomic E-state index is -0.509. The molecule has 0 atom stereocenters. The third kappa shape index (κ3) is 5.55. The van der Waals surface area contributed by atoms with E-state index in [9.17, 15) is 9.59 Å². The number of nitrogens with one attached hydrogen (secondary N) is 1. The van der Waals surface area contributed by atoms with E-state index in [4.69, 9.17) is 14.2 Å². The van der Waals surface area contributed by atoms with Crippen molar-refractivity contribution in [3.05, 3.63) is 47.8 Å². The molecule has 1 saturated heterocycles. The maximum atomic E-state index is 12.9. The normalized spacial score (nSPS) is 14.7. The summed E-state index contributed by atoms with van der Waals surface area (Å²) in [7, 11) is 3.17. The van der Waals surface area contributed by atoms with Gasteiger partial charge in [0.2, 0.25) is 0 Å². The molecule has 8 nitrogen and oxygen atoms in total. The standard InChI is InChI=1S/C24H33N3O5/c1-24(2,3)32-23(29)26-14-11-18(12-15-26)27-13-7-9-19(27)22(28)25-16-17-8-6-10-20(30-4)21(17)31-5/h6-10,13,18H,11-12,14-16H2,1-5H3,(H,25,28). The number of methoxy groups -OCH3 is 2. The van der Waals surface area contributed by atoms with E-state index in [1.807, 2.05) is 61.9 Å². The van der Waals surface area contributed by atoms with Crippen molar-refractivity contribution in [2.24, 2.45) is 0 Å². The second kappa shape index (κ2) is 9.97. The molecule has 0 radical (unpaired) electrons. The molecule has 2 aromatic rings. The van der Waals surface area contributed by atoms with Gasteiger partial charge in [0.1, 0.15) is 11.3 Å². The van der Waals surface area contributed by atoms with Crippen molar-refractivity contribution < 1.29 is 23.8 Å². The molecule has 1 aromatic carbocycles. The van der Waals surface area contributed by atoms with Crippen LogP contribution >= 0.6 is 0 Å². The van der Waals surface area contributed by atoms with Crippen molar-refractivity contribution in [1.82, 2.24) is 14.8 Å². The molecule has 0 aliphatic carbocycles. The first-order valence-electron chi connectivity index (χ1n) is 10.9. The molecular weight excluding hydrogens is 410 g/mol. The van der Waals surface area contributed by atoms with Gasteiger partial charge in [-0.2, -0.15) is 0 Å². The topological polar surface area (TPSA) is 82.0 Å². The number of hydrogen-bond acceptors (Lipinski definition) is 5. The Morgan fingerprint density at radius 3 is 2.41 bits per heavy atom. The number of nitrogens with zero attached hydrogens (tertiary/aromatic N) is 2. The van der Waals surface area contributed by atoms with Crippen molar-refractivity contribution in [3.63, 3.8) is 0 Å². The minimum absolute atomic E-state index is 0.149. The molecule has 1 N–H and O–H groups in total. The summed E-state index contributed by atoms with van der Waals surface area (Å²) in [4.78, 5) is 27.0. The fourth-order valence-electron chi connectivity index (χ4n) is 3.92. The van der Waals surface area contributed by atoms with Crippen LogP contribution in [0.5, 0.6) is 11.5 Å². The zero-order chi connectivity index (χ0) is 23.3. The number of carbonyl (C=O) groups excluding carboxylic acids is 2. The molecule has 174 valence electrons. The smallest absolute Gasteiger partial charge is 0.410 e. The fourth-order valence-corrected chi connectivity index (χ4v) is 3.92. The van der Waals surface area contributed by atoms with Gasteiger partial charge in [0.15, 0.2) is 11.5 Å². The fraction of sp³-hybridized carbons (Fsp3) is 0.500. The second-order valence-corrected chi connectivity index (χ2v) is 8.83. The van der Waals surface area contributed by atoms with Crippen LogP contribution in [0.1, 0.15) is 55.7 Å². The Bertz CT molecular complexity index is 939. The van der Waals surface area contributed by atoms with Gasteiger partial charge in [0.05, 0.1) is 14.2 Å². The molecule has 3 rings (SSSR count). The van der Waals surface area contributed by atoms with Gasteiger partial charge in [0, 0.05) is 37.4 Å². The molecule has 0 bridgehead atoms. The van der Waals surface area contributed by atoms with E-state index < -0.39 is 5.60 Å². The number of ether oxygens (including phenoxy) is 3. The monoisotopic (exact) mass is 443 g/mol. The highest BCUT2D eigenvalue weighted by molar-refractivity contribution is 5.92.